The fourth-order valence-corrected chi connectivity index (χ4v) is 9.64. The van der Waals surface area contributed by atoms with E-state index < -0.39 is 0 Å². The van der Waals surface area contributed by atoms with Crippen LogP contribution >= 0.6 is 0 Å². The van der Waals surface area contributed by atoms with Gasteiger partial charge in [-0.15, -0.1) is 0 Å². The van der Waals surface area contributed by atoms with E-state index >= 15 is 0 Å². The minimum atomic E-state index is 0.283. The fourth-order valence-electron chi connectivity index (χ4n) is 9.64. The molecular formula is C36H44O. The van der Waals surface area contributed by atoms with Crippen molar-refractivity contribution in [3.05, 3.63) is 89.5 Å². The summed E-state index contributed by atoms with van der Waals surface area (Å²) in [5.41, 5.74) is 6.27. The first kappa shape index (κ1) is 24.9. The lowest BCUT2D eigenvalue weighted by atomic mass is 9.46. The molecule has 37 heavy (non-hydrogen) atoms. The van der Waals surface area contributed by atoms with Crippen LogP contribution in [0.25, 0.3) is 5.57 Å². The highest BCUT2D eigenvalue weighted by molar-refractivity contribution is 5.91. The highest BCUT2D eigenvalue weighted by Gasteiger charge is 2.59. The maximum atomic E-state index is 12.2. The standard InChI is InChI=1S/C36H44O/c1-25(14-16-30(26-10-6-4-7-11-26)27-12-8-5-9-13-27)32-18-19-33-31-17-15-28-24-29(37)20-22-35(28,2)34(31)21-23-36(32,33)3/h4-13,16,24-25,31-34H,14-15,17-23H2,1-3H3/t25-,31+,32+,33-,34+,35+,36-/m1/s1. The number of hydrogen-bond donors (Lipinski definition) is 0. The number of rotatable bonds is 5. The van der Waals surface area contributed by atoms with Crippen LogP contribution in [0, 0.1) is 40.4 Å². The SMILES string of the molecule is C[C@H](CC=C(c1ccccc1)c1ccccc1)[C@@H]1CC[C@@H]2[C@@H]3CCC4=CC(=O)CC[C@]4(C)[C@H]3CC[C@@]21C. The summed E-state index contributed by atoms with van der Waals surface area (Å²) in [6, 6.07) is 21.9. The topological polar surface area (TPSA) is 17.1 Å². The van der Waals surface area contributed by atoms with E-state index in [1.807, 2.05) is 0 Å². The molecule has 0 unspecified atom stereocenters. The quantitative estimate of drug-likeness (QED) is 0.406. The zero-order valence-electron chi connectivity index (χ0n) is 23.1. The number of carbonyl (C=O) groups is 1. The molecule has 1 nitrogen and oxygen atoms in total. The highest BCUT2D eigenvalue weighted by atomic mass is 16.1. The molecule has 0 N–H and O–H groups in total. The van der Waals surface area contributed by atoms with Crippen LogP contribution in [0.4, 0.5) is 0 Å². The summed E-state index contributed by atoms with van der Waals surface area (Å²) < 4.78 is 0. The Morgan fingerprint density at radius 3 is 2.22 bits per heavy atom. The monoisotopic (exact) mass is 492 g/mol. The molecule has 3 saturated carbocycles. The van der Waals surface area contributed by atoms with Crippen molar-refractivity contribution in [1.82, 2.24) is 0 Å². The van der Waals surface area contributed by atoms with E-state index in [1.165, 1.54) is 54.4 Å². The second-order valence-corrected chi connectivity index (χ2v) is 13.3. The van der Waals surface area contributed by atoms with Crippen molar-refractivity contribution in [2.24, 2.45) is 40.4 Å². The van der Waals surface area contributed by atoms with Gasteiger partial charge in [-0.25, -0.2) is 0 Å². The molecule has 0 bridgehead atoms. The van der Waals surface area contributed by atoms with E-state index in [2.05, 4.69) is 93.6 Å². The molecule has 4 aliphatic rings. The van der Waals surface area contributed by atoms with Crippen LogP contribution in [0.3, 0.4) is 0 Å². The van der Waals surface area contributed by atoms with Crippen molar-refractivity contribution in [2.45, 2.75) is 78.6 Å². The Morgan fingerprint density at radius 2 is 1.54 bits per heavy atom. The maximum absolute atomic E-state index is 12.2. The second-order valence-electron chi connectivity index (χ2n) is 13.3. The molecule has 1 heteroatoms. The van der Waals surface area contributed by atoms with Crippen LogP contribution in [-0.4, -0.2) is 5.78 Å². The first-order valence-corrected chi connectivity index (χ1v) is 14.9. The van der Waals surface area contributed by atoms with Gasteiger partial charge < -0.3 is 0 Å². The third-order valence-electron chi connectivity index (χ3n) is 11.6. The van der Waals surface area contributed by atoms with Gasteiger partial charge in [0, 0.05) is 6.42 Å². The van der Waals surface area contributed by atoms with Gasteiger partial charge in [0.1, 0.15) is 0 Å². The van der Waals surface area contributed by atoms with Gasteiger partial charge in [-0.3, -0.25) is 4.79 Å². The number of hydrogen-bond acceptors (Lipinski definition) is 1. The molecule has 0 aliphatic heterocycles. The molecule has 0 saturated heterocycles. The smallest absolute Gasteiger partial charge is 0.155 e. The summed E-state index contributed by atoms with van der Waals surface area (Å²) >= 11 is 0. The van der Waals surface area contributed by atoms with Gasteiger partial charge in [0.05, 0.1) is 0 Å². The number of allylic oxidation sites excluding steroid dienone is 2. The predicted molar refractivity (Wildman–Crippen MR) is 154 cm³/mol. The molecule has 6 rings (SSSR count). The second kappa shape index (κ2) is 9.72. The average molecular weight is 493 g/mol. The Labute approximate surface area is 224 Å². The molecule has 7 atom stereocenters. The highest BCUT2D eigenvalue weighted by Crippen LogP contribution is 2.67. The number of benzene rings is 2. The van der Waals surface area contributed by atoms with Gasteiger partial charge in [0.25, 0.3) is 0 Å². The van der Waals surface area contributed by atoms with Crippen molar-refractivity contribution in [2.75, 3.05) is 0 Å². The number of carbonyl (C=O) groups excluding carboxylic acids is 1. The lowest BCUT2D eigenvalue weighted by Crippen LogP contribution is -2.50. The summed E-state index contributed by atoms with van der Waals surface area (Å²) in [5.74, 6) is 4.37. The normalized spacial score (nSPS) is 35.5. The molecule has 0 amide bonds. The van der Waals surface area contributed by atoms with Crippen LogP contribution in [0.5, 0.6) is 0 Å². The number of fused-ring (bicyclic) bond motifs is 5. The predicted octanol–water partition coefficient (Wildman–Crippen LogP) is 9.29. The van der Waals surface area contributed by atoms with Gasteiger partial charge >= 0.3 is 0 Å². The van der Waals surface area contributed by atoms with Gasteiger partial charge in [0.2, 0.25) is 0 Å². The molecule has 2 aromatic carbocycles. The summed E-state index contributed by atoms with van der Waals surface area (Å²) in [5, 5.41) is 0. The Bertz CT molecular complexity index is 1150. The Kier molecular flexibility index (Phi) is 6.54. The minimum Gasteiger partial charge on any atom is -0.295 e. The van der Waals surface area contributed by atoms with E-state index in [1.54, 1.807) is 0 Å². The molecule has 4 aliphatic carbocycles. The summed E-state index contributed by atoms with van der Waals surface area (Å²) in [6.45, 7) is 7.71. The van der Waals surface area contributed by atoms with Gasteiger partial charge in [0.15, 0.2) is 5.78 Å². The third-order valence-corrected chi connectivity index (χ3v) is 11.6. The van der Waals surface area contributed by atoms with Crippen LogP contribution in [-0.2, 0) is 4.79 Å². The molecule has 3 fully saturated rings. The largest absolute Gasteiger partial charge is 0.295 e. The summed E-state index contributed by atoms with van der Waals surface area (Å²) in [7, 11) is 0. The average Bonchev–Trinajstić information content (AvgIpc) is 3.28. The third kappa shape index (κ3) is 4.27. The van der Waals surface area contributed by atoms with Crippen molar-refractivity contribution in [3.63, 3.8) is 0 Å². The van der Waals surface area contributed by atoms with Gasteiger partial charge in [-0.1, -0.05) is 93.1 Å². The van der Waals surface area contributed by atoms with Crippen LogP contribution in [0.1, 0.15) is 89.7 Å². The Morgan fingerprint density at radius 1 is 0.865 bits per heavy atom. The zero-order valence-corrected chi connectivity index (χ0v) is 23.1. The minimum absolute atomic E-state index is 0.283. The van der Waals surface area contributed by atoms with Crippen molar-refractivity contribution in [1.29, 1.82) is 0 Å². The molecule has 2 aromatic rings. The van der Waals surface area contributed by atoms with Crippen LogP contribution < -0.4 is 0 Å². The zero-order chi connectivity index (χ0) is 25.6. The van der Waals surface area contributed by atoms with Gasteiger partial charge in [-0.2, -0.15) is 0 Å². The first-order valence-electron chi connectivity index (χ1n) is 14.9. The molecule has 0 radical (unpaired) electrons. The van der Waals surface area contributed by atoms with E-state index in [0.29, 0.717) is 17.1 Å². The van der Waals surface area contributed by atoms with Crippen LogP contribution in [0.15, 0.2) is 78.4 Å². The van der Waals surface area contributed by atoms with E-state index in [0.717, 1.165) is 49.4 Å². The summed E-state index contributed by atoms with van der Waals surface area (Å²) in [4.78, 5) is 12.2. The molecule has 0 spiro atoms. The maximum Gasteiger partial charge on any atom is 0.155 e. The fraction of sp³-hybridized carbons (Fsp3) is 0.528. The van der Waals surface area contributed by atoms with Crippen molar-refractivity contribution < 1.29 is 4.79 Å². The Balaban J connectivity index is 1.22. The van der Waals surface area contributed by atoms with E-state index in [9.17, 15) is 4.79 Å². The van der Waals surface area contributed by atoms with E-state index in [4.69, 9.17) is 0 Å². The summed E-state index contributed by atoms with van der Waals surface area (Å²) in [6.07, 6.45) is 15.6. The lowest BCUT2D eigenvalue weighted by molar-refractivity contribution is -0.117. The molecule has 0 heterocycles. The Hall–Kier alpha value is -2.41. The molecule has 0 aromatic heterocycles. The van der Waals surface area contributed by atoms with Crippen molar-refractivity contribution in [3.8, 4) is 0 Å². The molecular weight excluding hydrogens is 448 g/mol. The molecule has 194 valence electrons. The van der Waals surface area contributed by atoms with Gasteiger partial charge in [-0.05, 0) is 115 Å². The van der Waals surface area contributed by atoms with Crippen LogP contribution in [0.2, 0.25) is 0 Å². The first-order chi connectivity index (χ1) is 17.9. The van der Waals surface area contributed by atoms with E-state index in [-0.39, 0.29) is 5.41 Å². The lowest BCUT2D eigenvalue weighted by Gasteiger charge is -2.58. The van der Waals surface area contributed by atoms with Crippen molar-refractivity contribution >= 4 is 11.4 Å². The number of ketones is 1.